The quantitative estimate of drug-likeness (QED) is 0.310. The fraction of sp³-hybridized carbons (Fsp3) is 0.226. The van der Waals surface area contributed by atoms with Crippen molar-refractivity contribution < 1.29 is 0 Å². The van der Waals surface area contributed by atoms with Crippen LogP contribution in [0.4, 0.5) is 11.4 Å². The molecule has 0 amide bonds. The van der Waals surface area contributed by atoms with Gasteiger partial charge in [0.05, 0.1) is 5.54 Å². The number of benzene rings is 4. The van der Waals surface area contributed by atoms with E-state index < -0.39 is 0 Å². The number of rotatable bonds is 7. The van der Waals surface area contributed by atoms with Gasteiger partial charge in [-0.3, -0.25) is 5.32 Å². The Morgan fingerprint density at radius 3 is 2.21 bits per heavy atom. The second kappa shape index (κ2) is 8.88. The van der Waals surface area contributed by atoms with Crippen LogP contribution in [0, 0.1) is 5.92 Å². The summed E-state index contributed by atoms with van der Waals surface area (Å²) in [5, 5.41) is 10.3. The lowest BCUT2D eigenvalue weighted by atomic mass is 9.75. The van der Waals surface area contributed by atoms with Gasteiger partial charge in [-0.1, -0.05) is 98.8 Å². The number of hydrogen-bond acceptors (Lipinski definition) is 2. The first kappa shape index (κ1) is 21.5. The molecule has 4 aromatic carbocycles. The Kier molecular flexibility index (Phi) is 5.78. The highest BCUT2D eigenvalue weighted by Gasteiger charge is 2.37. The number of para-hydroxylation sites is 1. The fourth-order valence-corrected chi connectivity index (χ4v) is 5.31. The van der Waals surface area contributed by atoms with Gasteiger partial charge in [0.1, 0.15) is 0 Å². The Morgan fingerprint density at radius 2 is 1.48 bits per heavy atom. The van der Waals surface area contributed by atoms with Crippen LogP contribution in [0.2, 0.25) is 0 Å². The van der Waals surface area contributed by atoms with Crippen molar-refractivity contribution >= 4 is 28.2 Å². The lowest BCUT2D eigenvalue weighted by Crippen LogP contribution is -2.47. The largest absolute Gasteiger partial charge is 0.355 e. The van der Waals surface area contributed by atoms with Crippen molar-refractivity contribution in [3.8, 4) is 0 Å². The second-order valence-electron chi connectivity index (χ2n) is 9.60. The summed E-state index contributed by atoms with van der Waals surface area (Å²) in [6.45, 7) is 6.89. The molecule has 2 nitrogen and oxygen atoms in total. The minimum absolute atomic E-state index is 0.368. The molecule has 1 aliphatic carbocycles. The predicted octanol–water partition coefficient (Wildman–Crippen LogP) is 7.88. The summed E-state index contributed by atoms with van der Waals surface area (Å²) < 4.78 is 0. The van der Waals surface area contributed by atoms with Crippen LogP contribution in [0.3, 0.4) is 0 Å². The molecule has 166 valence electrons. The average Bonchev–Trinajstić information content (AvgIpc) is 2.83. The van der Waals surface area contributed by atoms with Crippen molar-refractivity contribution in [2.24, 2.45) is 5.92 Å². The molecule has 0 spiro atoms. The molecule has 0 heterocycles. The maximum atomic E-state index is 4.04. The predicted molar refractivity (Wildman–Crippen MR) is 142 cm³/mol. The Hall–Kier alpha value is -3.36. The smallest absolute Gasteiger partial charge is 0.0889 e. The Bertz CT molecular complexity index is 1270. The molecule has 0 saturated carbocycles. The van der Waals surface area contributed by atoms with Gasteiger partial charge in [0.25, 0.3) is 0 Å². The molecule has 33 heavy (non-hydrogen) atoms. The van der Waals surface area contributed by atoms with Crippen molar-refractivity contribution in [1.82, 2.24) is 5.32 Å². The molecule has 0 fully saturated rings. The van der Waals surface area contributed by atoms with Gasteiger partial charge < -0.3 is 5.32 Å². The molecule has 0 aromatic heterocycles. The summed E-state index contributed by atoms with van der Waals surface area (Å²) >= 11 is 0. The highest BCUT2D eigenvalue weighted by atomic mass is 15.0. The highest BCUT2D eigenvalue weighted by Crippen LogP contribution is 2.44. The van der Waals surface area contributed by atoms with Gasteiger partial charge in [-0.2, -0.15) is 0 Å². The zero-order valence-corrected chi connectivity index (χ0v) is 19.7. The van der Waals surface area contributed by atoms with Crippen LogP contribution in [0.1, 0.15) is 43.9 Å². The van der Waals surface area contributed by atoms with Crippen LogP contribution in [0.25, 0.3) is 16.8 Å². The van der Waals surface area contributed by atoms with E-state index in [4.69, 9.17) is 0 Å². The molecule has 1 aliphatic rings. The van der Waals surface area contributed by atoms with Crippen LogP contribution >= 0.6 is 0 Å². The third kappa shape index (κ3) is 4.07. The third-order valence-corrected chi connectivity index (χ3v) is 6.59. The number of anilines is 2. The van der Waals surface area contributed by atoms with E-state index >= 15 is 0 Å². The average molecular weight is 433 g/mol. The summed E-state index contributed by atoms with van der Waals surface area (Å²) in [6, 6.07) is 32.8. The van der Waals surface area contributed by atoms with E-state index in [1.54, 1.807) is 0 Å². The Balaban J connectivity index is 1.69. The standard InChI is InChI=1S/C31H32N2/c1-22(2)21-23(3)33-31(25-12-6-4-7-13-25)20-19-27-29(32-26-14-8-5-9-15-26)18-17-24-11-10-16-28(31)30(24)27/h4-20,22-23,32-33H,21H2,1-3H3. The molecule has 2 N–H and O–H groups in total. The molecule has 4 aromatic rings. The Labute approximate surface area is 197 Å². The first-order valence-corrected chi connectivity index (χ1v) is 12.0. The van der Waals surface area contributed by atoms with Gasteiger partial charge >= 0.3 is 0 Å². The van der Waals surface area contributed by atoms with Crippen LogP contribution in [-0.4, -0.2) is 6.04 Å². The first-order chi connectivity index (χ1) is 16.1. The first-order valence-electron chi connectivity index (χ1n) is 12.0. The summed E-state index contributed by atoms with van der Waals surface area (Å²) in [4.78, 5) is 0. The van der Waals surface area contributed by atoms with Gasteiger partial charge in [-0.25, -0.2) is 0 Å². The molecule has 0 radical (unpaired) electrons. The summed E-state index contributed by atoms with van der Waals surface area (Å²) in [7, 11) is 0. The molecule has 2 atom stereocenters. The molecule has 0 aliphatic heterocycles. The minimum atomic E-state index is -0.368. The zero-order valence-electron chi connectivity index (χ0n) is 19.7. The van der Waals surface area contributed by atoms with Gasteiger partial charge in [0.15, 0.2) is 0 Å². The fourth-order valence-electron chi connectivity index (χ4n) is 5.31. The number of nitrogens with one attached hydrogen (secondary N) is 2. The molecule has 2 unspecified atom stereocenters. The summed E-state index contributed by atoms with van der Waals surface area (Å²) in [6.07, 6.45) is 5.80. The van der Waals surface area contributed by atoms with E-state index in [0.29, 0.717) is 12.0 Å². The number of hydrogen-bond donors (Lipinski definition) is 2. The molecular formula is C31H32N2. The lowest BCUT2D eigenvalue weighted by molar-refractivity contribution is 0.370. The van der Waals surface area contributed by atoms with Crippen molar-refractivity contribution in [3.63, 3.8) is 0 Å². The van der Waals surface area contributed by atoms with Crippen molar-refractivity contribution in [2.45, 2.75) is 38.8 Å². The third-order valence-electron chi connectivity index (χ3n) is 6.59. The van der Waals surface area contributed by atoms with E-state index in [1.807, 2.05) is 6.07 Å². The van der Waals surface area contributed by atoms with Gasteiger partial charge in [0, 0.05) is 23.0 Å². The van der Waals surface area contributed by atoms with Gasteiger partial charge in [0.2, 0.25) is 0 Å². The van der Waals surface area contributed by atoms with E-state index in [-0.39, 0.29) is 5.54 Å². The van der Waals surface area contributed by atoms with E-state index in [0.717, 1.165) is 17.8 Å². The molecule has 2 heteroatoms. The maximum absolute atomic E-state index is 4.04. The minimum Gasteiger partial charge on any atom is -0.355 e. The Morgan fingerprint density at radius 1 is 0.758 bits per heavy atom. The summed E-state index contributed by atoms with van der Waals surface area (Å²) in [5.74, 6) is 0.637. The molecular weight excluding hydrogens is 400 g/mol. The van der Waals surface area contributed by atoms with Crippen molar-refractivity contribution in [2.75, 3.05) is 5.32 Å². The second-order valence-corrected chi connectivity index (χ2v) is 9.60. The maximum Gasteiger partial charge on any atom is 0.0889 e. The van der Waals surface area contributed by atoms with E-state index in [9.17, 15) is 0 Å². The highest BCUT2D eigenvalue weighted by molar-refractivity contribution is 6.01. The van der Waals surface area contributed by atoms with Crippen LogP contribution < -0.4 is 10.6 Å². The zero-order chi connectivity index (χ0) is 22.8. The lowest BCUT2D eigenvalue weighted by Gasteiger charge is -2.40. The normalized spacial score (nSPS) is 17.9. The van der Waals surface area contributed by atoms with E-state index in [2.05, 4.69) is 128 Å². The van der Waals surface area contributed by atoms with Crippen molar-refractivity contribution in [3.05, 3.63) is 114 Å². The van der Waals surface area contributed by atoms with Crippen LogP contribution in [-0.2, 0) is 5.54 Å². The van der Waals surface area contributed by atoms with Gasteiger partial charge in [-0.15, -0.1) is 0 Å². The van der Waals surface area contributed by atoms with E-state index in [1.165, 1.54) is 27.5 Å². The van der Waals surface area contributed by atoms with Crippen molar-refractivity contribution in [1.29, 1.82) is 0 Å². The molecule has 0 saturated heterocycles. The topological polar surface area (TPSA) is 24.1 Å². The van der Waals surface area contributed by atoms with Crippen LogP contribution in [0.5, 0.6) is 0 Å². The molecule has 5 rings (SSSR count). The van der Waals surface area contributed by atoms with Crippen LogP contribution in [0.15, 0.2) is 97.1 Å². The summed E-state index contributed by atoms with van der Waals surface area (Å²) in [5.41, 5.74) is 5.70. The molecule has 0 bridgehead atoms. The SMILES string of the molecule is CC(C)CC(C)NC1(c2ccccc2)C=Cc2c(Nc3ccccc3)ccc3cccc1c23. The monoisotopic (exact) mass is 432 g/mol. The van der Waals surface area contributed by atoms with Gasteiger partial charge in [-0.05, 0) is 59.4 Å².